The third-order valence-electron chi connectivity index (χ3n) is 4.06. The quantitative estimate of drug-likeness (QED) is 0.128. The summed E-state index contributed by atoms with van der Waals surface area (Å²) in [5.41, 5.74) is 0. The van der Waals surface area contributed by atoms with Gasteiger partial charge in [0.25, 0.3) is 0 Å². The van der Waals surface area contributed by atoms with E-state index in [1.165, 1.54) is 38.2 Å². The first-order valence-corrected chi connectivity index (χ1v) is 11.1. The van der Waals surface area contributed by atoms with Gasteiger partial charge in [-0.25, -0.2) is 0 Å². The largest absolute Gasteiger partial charge is 0.466 e. The Morgan fingerprint density at radius 1 is 0.786 bits per heavy atom. The Bertz CT molecular complexity index is 623. The van der Waals surface area contributed by atoms with E-state index in [4.69, 9.17) is 55.9 Å². The SMILES string of the molecule is CCCCCCCCCOC(=O)CCCC(=O)Oc1c(Cl)c(Cl)cc(Cl)c1Cl. The highest BCUT2D eigenvalue weighted by Crippen LogP contribution is 2.42. The van der Waals surface area contributed by atoms with Crippen molar-refractivity contribution < 1.29 is 19.1 Å². The highest BCUT2D eigenvalue weighted by Gasteiger charge is 2.18. The number of unbranched alkanes of at least 4 members (excludes halogenated alkanes) is 6. The minimum absolute atomic E-state index is 0.0125. The van der Waals surface area contributed by atoms with Gasteiger partial charge in [0.2, 0.25) is 0 Å². The molecule has 1 rings (SSSR count). The summed E-state index contributed by atoms with van der Waals surface area (Å²) in [6.45, 7) is 2.61. The van der Waals surface area contributed by atoms with Crippen LogP contribution >= 0.6 is 46.4 Å². The van der Waals surface area contributed by atoms with Crippen molar-refractivity contribution in [2.45, 2.75) is 71.1 Å². The molecule has 1 aromatic carbocycles. The number of esters is 2. The molecule has 0 saturated heterocycles. The van der Waals surface area contributed by atoms with E-state index in [9.17, 15) is 9.59 Å². The summed E-state index contributed by atoms with van der Waals surface area (Å²) in [5, 5.41) is 0.289. The topological polar surface area (TPSA) is 52.6 Å². The molecule has 0 N–H and O–H groups in total. The van der Waals surface area contributed by atoms with Crippen molar-refractivity contribution in [3.63, 3.8) is 0 Å². The van der Waals surface area contributed by atoms with Gasteiger partial charge in [0.15, 0.2) is 5.75 Å². The fourth-order valence-corrected chi connectivity index (χ4v) is 3.37. The van der Waals surface area contributed by atoms with Gasteiger partial charge in [0.1, 0.15) is 10.0 Å². The third kappa shape index (κ3) is 9.69. The molecule has 0 unspecified atom stereocenters. The van der Waals surface area contributed by atoms with Gasteiger partial charge < -0.3 is 9.47 Å². The van der Waals surface area contributed by atoms with Gasteiger partial charge in [-0.05, 0) is 18.9 Å². The lowest BCUT2D eigenvalue weighted by Crippen LogP contribution is -2.11. The van der Waals surface area contributed by atoms with Crippen molar-refractivity contribution in [3.8, 4) is 5.75 Å². The fraction of sp³-hybridized carbons (Fsp3) is 0.600. The van der Waals surface area contributed by atoms with Gasteiger partial charge in [-0.1, -0.05) is 91.9 Å². The summed E-state index contributed by atoms with van der Waals surface area (Å²) in [6.07, 6.45) is 8.57. The van der Waals surface area contributed by atoms with Crippen LogP contribution in [0.5, 0.6) is 5.75 Å². The van der Waals surface area contributed by atoms with E-state index in [0.29, 0.717) is 13.0 Å². The molecule has 1 aromatic rings. The van der Waals surface area contributed by atoms with E-state index < -0.39 is 5.97 Å². The van der Waals surface area contributed by atoms with E-state index in [2.05, 4.69) is 6.92 Å². The molecular weight excluding hydrogens is 446 g/mol. The molecule has 0 saturated carbocycles. The Hall–Kier alpha value is -0.680. The summed E-state index contributed by atoms with van der Waals surface area (Å²) in [5.74, 6) is -0.977. The maximum atomic E-state index is 12.0. The van der Waals surface area contributed by atoms with Gasteiger partial charge in [0, 0.05) is 12.8 Å². The first kappa shape index (κ1) is 25.4. The number of carbonyl (C=O) groups is 2. The molecule has 0 aliphatic rings. The lowest BCUT2D eigenvalue weighted by molar-refractivity contribution is -0.144. The minimum atomic E-state index is -0.581. The Labute approximate surface area is 186 Å². The number of ether oxygens (including phenoxy) is 2. The molecule has 0 aromatic heterocycles. The lowest BCUT2D eigenvalue weighted by atomic mass is 10.1. The van der Waals surface area contributed by atoms with Crippen LogP contribution in [-0.2, 0) is 14.3 Å². The average Bonchev–Trinajstić information content (AvgIpc) is 2.65. The standard InChI is InChI=1S/C20H26Cl4O4/c1-2-3-4-5-6-7-8-12-27-16(25)10-9-11-17(26)28-20-18(23)14(21)13-15(22)19(20)24/h13H,2-12H2,1H3. The third-order valence-corrected chi connectivity index (χ3v) is 5.60. The number of benzene rings is 1. The maximum Gasteiger partial charge on any atom is 0.311 e. The second-order valence-electron chi connectivity index (χ2n) is 6.47. The fourth-order valence-electron chi connectivity index (χ4n) is 2.50. The van der Waals surface area contributed by atoms with Crippen molar-refractivity contribution >= 4 is 58.3 Å². The van der Waals surface area contributed by atoms with Crippen molar-refractivity contribution in [2.24, 2.45) is 0 Å². The second-order valence-corrected chi connectivity index (χ2v) is 8.04. The number of hydrogen-bond acceptors (Lipinski definition) is 4. The van der Waals surface area contributed by atoms with Crippen LogP contribution in [0.2, 0.25) is 20.1 Å². The van der Waals surface area contributed by atoms with E-state index in [-0.39, 0.29) is 44.7 Å². The molecule has 0 heterocycles. The highest BCUT2D eigenvalue weighted by molar-refractivity contribution is 6.48. The van der Waals surface area contributed by atoms with Crippen LogP contribution in [0.4, 0.5) is 0 Å². The van der Waals surface area contributed by atoms with Crippen LogP contribution in [-0.4, -0.2) is 18.5 Å². The van der Waals surface area contributed by atoms with Crippen LogP contribution in [0.1, 0.15) is 71.1 Å². The number of halogens is 4. The number of hydrogen-bond donors (Lipinski definition) is 0. The van der Waals surface area contributed by atoms with E-state index in [0.717, 1.165) is 12.8 Å². The van der Waals surface area contributed by atoms with Crippen LogP contribution in [0, 0.1) is 0 Å². The van der Waals surface area contributed by atoms with Crippen LogP contribution in [0.3, 0.4) is 0 Å². The van der Waals surface area contributed by atoms with E-state index in [1.807, 2.05) is 0 Å². The Kier molecular flexibility index (Phi) is 13.0. The molecule has 0 bridgehead atoms. The Morgan fingerprint density at radius 2 is 1.32 bits per heavy atom. The smallest absolute Gasteiger partial charge is 0.311 e. The predicted octanol–water partition coefficient (Wildman–Crippen LogP) is 7.67. The Morgan fingerprint density at radius 3 is 1.93 bits per heavy atom. The zero-order chi connectivity index (χ0) is 20.9. The molecule has 0 aliphatic heterocycles. The molecular formula is C20H26Cl4O4. The van der Waals surface area contributed by atoms with Gasteiger partial charge in [-0.3, -0.25) is 9.59 Å². The van der Waals surface area contributed by atoms with Crippen molar-refractivity contribution in [1.82, 2.24) is 0 Å². The zero-order valence-corrected chi connectivity index (χ0v) is 19.0. The first-order chi connectivity index (χ1) is 13.4. The first-order valence-electron chi connectivity index (χ1n) is 9.56. The van der Waals surface area contributed by atoms with Crippen molar-refractivity contribution in [3.05, 3.63) is 26.2 Å². The number of carbonyl (C=O) groups excluding carboxylic acids is 2. The summed E-state index contributed by atoms with van der Waals surface area (Å²) < 4.78 is 10.3. The van der Waals surface area contributed by atoms with Crippen LogP contribution in [0.15, 0.2) is 6.07 Å². The van der Waals surface area contributed by atoms with Gasteiger partial charge in [0.05, 0.1) is 16.7 Å². The average molecular weight is 472 g/mol. The zero-order valence-electron chi connectivity index (χ0n) is 16.0. The normalized spacial score (nSPS) is 10.8. The molecule has 0 atom stereocenters. The van der Waals surface area contributed by atoms with Crippen molar-refractivity contribution in [1.29, 1.82) is 0 Å². The molecule has 28 heavy (non-hydrogen) atoms. The van der Waals surface area contributed by atoms with Crippen LogP contribution in [0.25, 0.3) is 0 Å². The highest BCUT2D eigenvalue weighted by atomic mass is 35.5. The summed E-state index contributed by atoms with van der Waals surface area (Å²) in [6, 6.07) is 1.37. The molecule has 0 fully saturated rings. The molecule has 158 valence electrons. The van der Waals surface area contributed by atoms with E-state index in [1.54, 1.807) is 0 Å². The molecule has 8 heteroatoms. The molecule has 0 spiro atoms. The molecule has 0 amide bonds. The van der Waals surface area contributed by atoms with Crippen molar-refractivity contribution in [2.75, 3.05) is 6.61 Å². The summed E-state index contributed by atoms with van der Waals surface area (Å²) >= 11 is 23.8. The predicted molar refractivity (Wildman–Crippen MR) is 115 cm³/mol. The minimum Gasteiger partial charge on any atom is -0.466 e. The van der Waals surface area contributed by atoms with Crippen LogP contribution < -0.4 is 4.74 Å². The summed E-state index contributed by atoms with van der Waals surface area (Å²) in [4.78, 5) is 23.7. The molecule has 4 nitrogen and oxygen atoms in total. The lowest BCUT2D eigenvalue weighted by Gasteiger charge is -2.10. The monoisotopic (exact) mass is 470 g/mol. The maximum absolute atomic E-state index is 12.0. The van der Waals surface area contributed by atoms with Gasteiger partial charge in [-0.2, -0.15) is 0 Å². The molecule has 0 aliphatic carbocycles. The second kappa shape index (κ2) is 14.3. The van der Waals surface area contributed by atoms with E-state index >= 15 is 0 Å². The molecule has 0 radical (unpaired) electrons. The summed E-state index contributed by atoms with van der Waals surface area (Å²) in [7, 11) is 0. The van der Waals surface area contributed by atoms with Gasteiger partial charge in [-0.15, -0.1) is 0 Å². The van der Waals surface area contributed by atoms with Gasteiger partial charge >= 0.3 is 11.9 Å². The Balaban J connectivity index is 2.20. The number of rotatable bonds is 13.